The molecule has 1 saturated heterocycles. The summed E-state index contributed by atoms with van der Waals surface area (Å²) in [6.45, 7) is 5.31. The van der Waals surface area contributed by atoms with Gasteiger partial charge in [0.2, 0.25) is 0 Å². The van der Waals surface area contributed by atoms with Gasteiger partial charge in [0.15, 0.2) is 0 Å². The van der Waals surface area contributed by atoms with Gasteiger partial charge in [-0.05, 0) is 37.8 Å². The number of likely N-dealkylation sites (tertiary alicyclic amines) is 1. The molecule has 0 radical (unpaired) electrons. The predicted octanol–water partition coefficient (Wildman–Crippen LogP) is 2.98. The summed E-state index contributed by atoms with van der Waals surface area (Å²) in [4.78, 5) is 14.1. The first-order valence-electron chi connectivity index (χ1n) is 6.87. The van der Waals surface area contributed by atoms with Crippen molar-refractivity contribution >= 4 is 11.6 Å². The maximum absolute atomic E-state index is 13.6. The van der Waals surface area contributed by atoms with Crippen LogP contribution >= 0.6 is 0 Å². The van der Waals surface area contributed by atoms with Gasteiger partial charge in [0.1, 0.15) is 5.82 Å². The molecule has 1 fully saturated rings. The minimum absolute atomic E-state index is 0.111. The zero-order valence-electron chi connectivity index (χ0n) is 11.6. The highest BCUT2D eigenvalue weighted by molar-refractivity contribution is 5.95. The zero-order valence-corrected chi connectivity index (χ0v) is 11.6. The Balaban J connectivity index is 2.12. The predicted molar refractivity (Wildman–Crippen MR) is 74.5 cm³/mol. The number of hydrogen-bond donors (Lipinski definition) is 1. The van der Waals surface area contributed by atoms with Gasteiger partial charge in [-0.3, -0.25) is 4.79 Å². The number of halogens is 1. The topological polar surface area (TPSA) is 46.3 Å². The van der Waals surface area contributed by atoms with Gasteiger partial charge in [-0.2, -0.15) is 0 Å². The van der Waals surface area contributed by atoms with E-state index in [1.165, 1.54) is 6.07 Å². The molecule has 1 amide bonds. The smallest absolute Gasteiger partial charge is 0.254 e. The first kappa shape index (κ1) is 13.8. The molecule has 1 aliphatic rings. The maximum Gasteiger partial charge on any atom is 0.254 e. The van der Waals surface area contributed by atoms with Crippen molar-refractivity contribution in [3.63, 3.8) is 0 Å². The van der Waals surface area contributed by atoms with Crippen molar-refractivity contribution < 1.29 is 9.18 Å². The summed E-state index contributed by atoms with van der Waals surface area (Å²) in [5.74, 6) is 0.191. The van der Waals surface area contributed by atoms with Crippen LogP contribution in [0, 0.1) is 18.7 Å². The zero-order chi connectivity index (χ0) is 14.0. The largest absolute Gasteiger partial charge is 0.398 e. The van der Waals surface area contributed by atoms with Crippen LogP contribution in [0.5, 0.6) is 0 Å². The Morgan fingerprint density at radius 3 is 2.58 bits per heavy atom. The van der Waals surface area contributed by atoms with E-state index >= 15 is 0 Å². The molecule has 1 heterocycles. The second-order valence-electron chi connectivity index (χ2n) is 5.32. The molecular weight excluding hydrogens is 243 g/mol. The fraction of sp³-hybridized carbons (Fsp3) is 0.533. The number of amides is 1. The number of benzene rings is 1. The molecule has 3 nitrogen and oxygen atoms in total. The van der Waals surface area contributed by atoms with Gasteiger partial charge < -0.3 is 10.6 Å². The first-order valence-corrected chi connectivity index (χ1v) is 6.87. The molecule has 0 saturated carbocycles. The number of nitrogens with two attached hydrogens (primary N) is 1. The van der Waals surface area contributed by atoms with E-state index in [1.54, 1.807) is 17.9 Å². The first-order chi connectivity index (χ1) is 9.02. The van der Waals surface area contributed by atoms with Crippen molar-refractivity contribution in [2.24, 2.45) is 5.92 Å². The molecule has 2 rings (SSSR count). The molecule has 0 atom stereocenters. The van der Waals surface area contributed by atoms with Crippen molar-refractivity contribution in [2.75, 3.05) is 18.8 Å². The number of nitrogen functional groups attached to an aromatic ring is 1. The van der Waals surface area contributed by atoms with E-state index in [-0.39, 0.29) is 5.91 Å². The molecule has 2 N–H and O–H groups in total. The summed E-state index contributed by atoms with van der Waals surface area (Å²) >= 11 is 0. The fourth-order valence-corrected chi connectivity index (χ4v) is 2.55. The Labute approximate surface area is 113 Å². The van der Waals surface area contributed by atoms with Gasteiger partial charge in [0.25, 0.3) is 5.91 Å². The Morgan fingerprint density at radius 1 is 1.42 bits per heavy atom. The number of anilines is 1. The second kappa shape index (κ2) is 5.59. The van der Waals surface area contributed by atoms with Crippen LogP contribution in [-0.4, -0.2) is 23.9 Å². The Kier molecular flexibility index (Phi) is 4.08. The highest BCUT2D eigenvalue weighted by atomic mass is 19.1. The highest BCUT2D eigenvalue weighted by Crippen LogP contribution is 2.23. The summed E-state index contributed by atoms with van der Waals surface area (Å²) in [6.07, 6.45) is 3.23. The summed E-state index contributed by atoms with van der Waals surface area (Å²) in [5.41, 5.74) is 6.82. The average molecular weight is 264 g/mol. The summed E-state index contributed by atoms with van der Waals surface area (Å²) in [6, 6.07) is 2.87. The van der Waals surface area contributed by atoms with Crippen LogP contribution in [0.1, 0.15) is 42.1 Å². The molecular formula is C15H21FN2O. The molecule has 19 heavy (non-hydrogen) atoms. The maximum atomic E-state index is 13.6. The Hall–Kier alpha value is -1.58. The van der Waals surface area contributed by atoms with Gasteiger partial charge in [-0.25, -0.2) is 4.39 Å². The van der Waals surface area contributed by atoms with E-state index in [9.17, 15) is 9.18 Å². The van der Waals surface area contributed by atoms with Crippen molar-refractivity contribution in [3.8, 4) is 0 Å². The molecule has 1 aromatic rings. The van der Waals surface area contributed by atoms with E-state index in [2.05, 4.69) is 6.92 Å². The highest BCUT2D eigenvalue weighted by Gasteiger charge is 2.23. The summed E-state index contributed by atoms with van der Waals surface area (Å²) < 4.78 is 13.6. The SMILES string of the molecule is CCC1CCN(C(=O)c2cc(N)c(C)c(F)c2)CC1. The molecule has 0 aliphatic carbocycles. The molecule has 0 spiro atoms. The van der Waals surface area contributed by atoms with Crippen LogP contribution in [-0.2, 0) is 0 Å². The normalized spacial score (nSPS) is 16.7. The number of carbonyl (C=O) groups excluding carboxylic acids is 1. The minimum Gasteiger partial charge on any atom is -0.398 e. The van der Waals surface area contributed by atoms with Gasteiger partial charge in [0, 0.05) is 29.9 Å². The van der Waals surface area contributed by atoms with Crippen LogP contribution in [0.4, 0.5) is 10.1 Å². The summed E-state index contributed by atoms with van der Waals surface area (Å²) in [5, 5.41) is 0. The van der Waals surface area contributed by atoms with E-state index < -0.39 is 5.82 Å². The van der Waals surface area contributed by atoms with Crippen LogP contribution in [0.2, 0.25) is 0 Å². The van der Waals surface area contributed by atoms with Crippen LogP contribution in [0.15, 0.2) is 12.1 Å². The van der Waals surface area contributed by atoms with E-state index in [1.807, 2.05) is 0 Å². The van der Waals surface area contributed by atoms with E-state index in [0.717, 1.165) is 32.4 Å². The van der Waals surface area contributed by atoms with Crippen molar-refractivity contribution in [1.82, 2.24) is 4.90 Å². The Morgan fingerprint density at radius 2 is 2.05 bits per heavy atom. The molecule has 0 bridgehead atoms. The molecule has 1 aliphatic heterocycles. The molecule has 104 valence electrons. The monoisotopic (exact) mass is 264 g/mol. The molecule has 0 unspecified atom stereocenters. The minimum atomic E-state index is -0.410. The summed E-state index contributed by atoms with van der Waals surface area (Å²) in [7, 11) is 0. The number of hydrogen-bond acceptors (Lipinski definition) is 2. The van der Waals surface area contributed by atoms with Gasteiger partial charge >= 0.3 is 0 Å². The van der Waals surface area contributed by atoms with Crippen molar-refractivity contribution in [2.45, 2.75) is 33.1 Å². The lowest BCUT2D eigenvalue weighted by Gasteiger charge is -2.31. The quantitative estimate of drug-likeness (QED) is 0.835. The lowest BCUT2D eigenvalue weighted by atomic mass is 9.94. The average Bonchev–Trinajstić information content (AvgIpc) is 2.43. The van der Waals surface area contributed by atoms with Crippen molar-refractivity contribution in [3.05, 3.63) is 29.1 Å². The molecule has 4 heteroatoms. The van der Waals surface area contributed by atoms with Crippen LogP contribution < -0.4 is 5.73 Å². The fourth-order valence-electron chi connectivity index (χ4n) is 2.55. The lowest BCUT2D eigenvalue weighted by molar-refractivity contribution is 0.0688. The van der Waals surface area contributed by atoms with E-state index in [4.69, 9.17) is 5.73 Å². The third-order valence-corrected chi connectivity index (χ3v) is 4.11. The third kappa shape index (κ3) is 2.88. The van der Waals surface area contributed by atoms with Crippen LogP contribution in [0.3, 0.4) is 0 Å². The standard InChI is InChI=1S/C15H21FN2O/c1-3-11-4-6-18(7-5-11)15(19)12-8-13(16)10(2)14(17)9-12/h8-9,11H,3-7,17H2,1-2H3. The molecule has 0 aromatic heterocycles. The number of piperidine rings is 1. The number of carbonyl (C=O) groups is 1. The van der Waals surface area contributed by atoms with Gasteiger partial charge in [0.05, 0.1) is 0 Å². The van der Waals surface area contributed by atoms with Gasteiger partial charge in [-0.1, -0.05) is 13.3 Å². The number of rotatable bonds is 2. The third-order valence-electron chi connectivity index (χ3n) is 4.11. The Bertz CT molecular complexity index is 456. The second-order valence-corrected chi connectivity index (χ2v) is 5.32. The van der Waals surface area contributed by atoms with E-state index in [0.29, 0.717) is 22.7 Å². The van der Waals surface area contributed by atoms with Crippen molar-refractivity contribution in [1.29, 1.82) is 0 Å². The van der Waals surface area contributed by atoms with Gasteiger partial charge in [-0.15, -0.1) is 0 Å². The van der Waals surface area contributed by atoms with Crippen LogP contribution in [0.25, 0.3) is 0 Å². The molecule has 1 aromatic carbocycles. The number of nitrogens with zero attached hydrogens (tertiary/aromatic N) is 1. The lowest BCUT2D eigenvalue weighted by Crippen LogP contribution is -2.38.